The number of rotatable bonds is 79. The number of hydrogen-bond donors (Lipinski definition) is 3. The smallest absolute Gasteiger partial charge is 0.462 e. The molecule has 17 nitrogen and oxygen atoms in total. The maximum atomic E-state index is 13.1. The summed E-state index contributed by atoms with van der Waals surface area (Å²) in [5, 5.41) is 10.6. The van der Waals surface area contributed by atoms with Gasteiger partial charge in [0.1, 0.15) is 19.3 Å². The summed E-state index contributed by atoms with van der Waals surface area (Å²) in [5.41, 5.74) is 0. The molecule has 594 valence electrons. The van der Waals surface area contributed by atoms with Crippen LogP contribution >= 0.6 is 15.6 Å². The van der Waals surface area contributed by atoms with Gasteiger partial charge in [0.05, 0.1) is 26.4 Å². The second-order valence-electron chi connectivity index (χ2n) is 30.4. The monoisotopic (exact) mass is 1470 g/mol. The molecule has 0 saturated heterocycles. The maximum absolute atomic E-state index is 13.1. The molecule has 100 heavy (non-hydrogen) atoms. The van der Waals surface area contributed by atoms with Gasteiger partial charge in [0.2, 0.25) is 0 Å². The maximum Gasteiger partial charge on any atom is 0.472 e. The summed E-state index contributed by atoms with van der Waals surface area (Å²) in [7, 11) is -9.92. The van der Waals surface area contributed by atoms with Crippen molar-refractivity contribution in [3.05, 3.63) is 0 Å². The van der Waals surface area contributed by atoms with E-state index in [4.69, 9.17) is 37.0 Å². The van der Waals surface area contributed by atoms with Crippen molar-refractivity contribution in [2.24, 2.45) is 17.8 Å². The van der Waals surface area contributed by atoms with Crippen LogP contribution in [0.2, 0.25) is 0 Å². The fourth-order valence-corrected chi connectivity index (χ4v) is 14.0. The van der Waals surface area contributed by atoms with Crippen molar-refractivity contribution in [1.29, 1.82) is 0 Å². The van der Waals surface area contributed by atoms with Gasteiger partial charge in [0, 0.05) is 25.7 Å². The van der Waals surface area contributed by atoms with Gasteiger partial charge in [-0.2, -0.15) is 0 Å². The van der Waals surface area contributed by atoms with E-state index < -0.39 is 97.5 Å². The second-order valence-corrected chi connectivity index (χ2v) is 33.3. The van der Waals surface area contributed by atoms with E-state index in [2.05, 4.69) is 48.5 Å². The Bertz CT molecular complexity index is 1940. The summed E-state index contributed by atoms with van der Waals surface area (Å²) in [5.74, 6) is 0.189. The van der Waals surface area contributed by atoms with Crippen molar-refractivity contribution in [1.82, 2.24) is 0 Å². The molecular weight excluding hydrogens is 1310 g/mol. The van der Waals surface area contributed by atoms with E-state index in [1.807, 2.05) is 0 Å². The van der Waals surface area contributed by atoms with Crippen LogP contribution < -0.4 is 0 Å². The zero-order valence-corrected chi connectivity index (χ0v) is 67.5. The molecule has 0 aromatic heterocycles. The standard InChI is InChI=1S/C81H158O17P2/c1-8-10-11-12-13-14-15-16-17-23-26-29-35-40-48-55-62-78(83)91-68-76(97-80(85)64-57-50-41-36-30-27-24-21-19-18-20-22-25-28-33-38-45-52-59-72(3)4)70-95-99(87,88)93-66-75(82)67-94-100(89,90)96-71-77(69-92-79(84)63-56-49-44-43-46-53-60-73(5)6)98-81(86)65-58-51-42-37-32-31-34-39-47-54-61-74(7)9-2/h72-77,82H,8-71H2,1-7H3,(H,87,88)(H,89,90)/t74?,75-,76-,77-/m1/s1. The number of aliphatic hydroxyl groups is 1. The van der Waals surface area contributed by atoms with E-state index in [-0.39, 0.29) is 25.7 Å². The second kappa shape index (κ2) is 71.3. The minimum atomic E-state index is -4.96. The highest BCUT2D eigenvalue weighted by Gasteiger charge is 2.30. The average molecular weight is 1470 g/mol. The van der Waals surface area contributed by atoms with E-state index in [1.165, 1.54) is 225 Å². The van der Waals surface area contributed by atoms with Crippen LogP contribution in [0.4, 0.5) is 0 Å². The Kier molecular flexibility index (Phi) is 69.9. The lowest BCUT2D eigenvalue weighted by Crippen LogP contribution is -2.30. The van der Waals surface area contributed by atoms with Gasteiger partial charge in [-0.25, -0.2) is 9.13 Å². The van der Waals surface area contributed by atoms with Crippen LogP contribution in [0.1, 0.15) is 421 Å². The van der Waals surface area contributed by atoms with Crippen LogP contribution in [0.25, 0.3) is 0 Å². The summed E-state index contributed by atoms with van der Waals surface area (Å²) in [6.07, 6.45) is 59.8. The summed E-state index contributed by atoms with van der Waals surface area (Å²) < 4.78 is 68.7. The van der Waals surface area contributed by atoms with Crippen molar-refractivity contribution in [2.45, 2.75) is 439 Å². The molecule has 0 aliphatic rings. The number of unbranched alkanes of at least 4 members (excludes halogenated alkanes) is 46. The molecule has 0 bridgehead atoms. The molecule has 0 aromatic carbocycles. The van der Waals surface area contributed by atoms with Crippen LogP contribution in [0, 0.1) is 17.8 Å². The first-order valence-electron chi connectivity index (χ1n) is 41.9. The van der Waals surface area contributed by atoms with Crippen molar-refractivity contribution < 1.29 is 80.2 Å². The lowest BCUT2D eigenvalue weighted by molar-refractivity contribution is -0.161. The van der Waals surface area contributed by atoms with Crippen LogP contribution in [-0.4, -0.2) is 96.7 Å². The molecule has 0 aliphatic heterocycles. The molecule has 0 aromatic rings. The fourth-order valence-electron chi connectivity index (χ4n) is 12.5. The first-order valence-corrected chi connectivity index (χ1v) is 44.9. The molecule has 3 N–H and O–H groups in total. The van der Waals surface area contributed by atoms with Gasteiger partial charge < -0.3 is 33.8 Å². The van der Waals surface area contributed by atoms with Gasteiger partial charge in [-0.05, 0) is 43.4 Å². The molecule has 0 heterocycles. The van der Waals surface area contributed by atoms with Crippen LogP contribution in [-0.2, 0) is 65.4 Å². The Morgan fingerprint density at radius 3 is 0.760 bits per heavy atom. The Morgan fingerprint density at radius 1 is 0.290 bits per heavy atom. The van der Waals surface area contributed by atoms with Gasteiger partial charge in [0.15, 0.2) is 12.2 Å². The third-order valence-electron chi connectivity index (χ3n) is 19.2. The summed E-state index contributed by atoms with van der Waals surface area (Å²) >= 11 is 0. The topological polar surface area (TPSA) is 237 Å². The number of phosphoric acid groups is 2. The van der Waals surface area contributed by atoms with Gasteiger partial charge in [-0.15, -0.1) is 0 Å². The SMILES string of the molecule is CCCCCCCCCCCCCCCCCCC(=O)OC[C@H](COP(=O)(O)OC[C@@H](O)COP(=O)(O)OC[C@@H](COC(=O)CCCCCCCCC(C)C)OC(=O)CCCCCCCCCCCCC(C)CC)OC(=O)CCCCCCCCCCCCCCCCCCCCC(C)C. The number of carbonyl (C=O) groups is 4. The average Bonchev–Trinajstić information content (AvgIpc) is 0.922. The number of ether oxygens (including phenoxy) is 4. The largest absolute Gasteiger partial charge is 0.472 e. The van der Waals surface area contributed by atoms with E-state index in [0.717, 1.165) is 108 Å². The number of aliphatic hydroxyl groups excluding tert-OH is 1. The first-order chi connectivity index (χ1) is 48.3. The van der Waals surface area contributed by atoms with Crippen molar-refractivity contribution in [2.75, 3.05) is 39.6 Å². The van der Waals surface area contributed by atoms with E-state index >= 15 is 0 Å². The zero-order chi connectivity index (χ0) is 73.7. The molecule has 19 heteroatoms. The Balaban J connectivity index is 5.22. The number of phosphoric ester groups is 2. The van der Waals surface area contributed by atoms with Gasteiger partial charge >= 0.3 is 39.5 Å². The molecule has 0 spiro atoms. The molecule has 0 fully saturated rings. The van der Waals surface area contributed by atoms with E-state index in [1.54, 1.807) is 0 Å². The minimum absolute atomic E-state index is 0.105. The Labute approximate surface area is 613 Å². The number of hydrogen-bond acceptors (Lipinski definition) is 15. The zero-order valence-electron chi connectivity index (χ0n) is 65.7. The molecule has 0 saturated carbocycles. The van der Waals surface area contributed by atoms with Crippen molar-refractivity contribution in [3.63, 3.8) is 0 Å². The van der Waals surface area contributed by atoms with E-state index in [0.29, 0.717) is 31.6 Å². The Hall–Kier alpha value is -1.94. The normalized spacial score (nSPS) is 14.2. The molecular formula is C81H158O17P2. The molecule has 0 radical (unpaired) electrons. The van der Waals surface area contributed by atoms with Crippen LogP contribution in [0.3, 0.4) is 0 Å². The summed E-state index contributed by atoms with van der Waals surface area (Å²) in [6, 6.07) is 0. The molecule has 3 unspecified atom stereocenters. The molecule has 0 rings (SSSR count). The van der Waals surface area contributed by atoms with Crippen molar-refractivity contribution >= 4 is 39.5 Å². The van der Waals surface area contributed by atoms with Gasteiger partial charge in [-0.1, -0.05) is 370 Å². The highest BCUT2D eigenvalue weighted by Crippen LogP contribution is 2.45. The predicted molar refractivity (Wildman–Crippen MR) is 409 cm³/mol. The summed E-state index contributed by atoms with van der Waals surface area (Å²) in [6.45, 7) is 11.9. The highest BCUT2D eigenvalue weighted by molar-refractivity contribution is 7.47. The molecule has 0 aliphatic carbocycles. The lowest BCUT2D eigenvalue weighted by Gasteiger charge is -2.21. The third-order valence-corrected chi connectivity index (χ3v) is 21.1. The van der Waals surface area contributed by atoms with Gasteiger partial charge in [0.25, 0.3) is 0 Å². The Morgan fingerprint density at radius 2 is 0.510 bits per heavy atom. The molecule has 6 atom stereocenters. The lowest BCUT2D eigenvalue weighted by atomic mass is 9.99. The fraction of sp³-hybridized carbons (Fsp3) is 0.951. The first kappa shape index (κ1) is 98.1. The number of esters is 4. The van der Waals surface area contributed by atoms with Crippen LogP contribution in [0.5, 0.6) is 0 Å². The molecule has 0 amide bonds. The minimum Gasteiger partial charge on any atom is -0.462 e. The quantitative estimate of drug-likeness (QED) is 0.0222. The third kappa shape index (κ3) is 73.0. The predicted octanol–water partition coefficient (Wildman–Crippen LogP) is 24.1. The van der Waals surface area contributed by atoms with Crippen LogP contribution in [0.15, 0.2) is 0 Å². The summed E-state index contributed by atoms with van der Waals surface area (Å²) in [4.78, 5) is 73.0. The highest BCUT2D eigenvalue weighted by atomic mass is 31.2. The van der Waals surface area contributed by atoms with Crippen molar-refractivity contribution in [3.8, 4) is 0 Å². The number of carbonyl (C=O) groups excluding carboxylic acids is 4. The van der Waals surface area contributed by atoms with Gasteiger partial charge in [-0.3, -0.25) is 37.3 Å². The van der Waals surface area contributed by atoms with E-state index in [9.17, 15) is 43.2 Å².